The highest BCUT2D eigenvalue weighted by atomic mass is 16.1. The first-order valence-electron chi connectivity index (χ1n) is 8.28. The first kappa shape index (κ1) is 16.5. The van der Waals surface area contributed by atoms with Crippen LogP contribution in [-0.2, 0) is 4.79 Å². The van der Waals surface area contributed by atoms with Crippen molar-refractivity contribution in [2.75, 3.05) is 6.54 Å². The molecule has 0 heterocycles. The minimum absolute atomic E-state index is 0.119. The summed E-state index contributed by atoms with van der Waals surface area (Å²) in [7, 11) is 0. The Morgan fingerprint density at radius 1 is 1.26 bits per heavy atom. The van der Waals surface area contributed by atoms with Crippen molar-refractivity contribution in [2.24, 2.45) is 17.3 Å². The summed E-state index contributed by atoms with van der Waals surface area (Å²) in [5.41, 5.74) is 0.567. The number of unbranched alkanes of at least 4 members (excludes halogenated alkanes) is 1. The van der Waals surface area contributed by atoms with E-state index in [9.17, 15) is 4.79 Å². The fourth-order valence-electron chi connectivity index (χ4n) is 3.45. The predicted molar refractivity (Wildman–Crippen MR) is 82.1 cm³/mol. The predicted octanol–water partition coefficient (Wildman–Crippen LogP) is 4.54. The van der Waals surface area contributed by atoms with Gasteiger partial charge in [0.25, 0.3) is 0 Å². The fourth-order valence-corrected chi connectivity index (χ4v) is 3.45. The van der Waals surface area contributed by atoms with Crippen LogP contribution < -0.4 is 5.32 Å². The molecule has 0 saturated heterocycles. The van der Waals surface area contributed by atoms with Crippen molar-refractivity contribution in [2.45, 2.75) is 79.1 Å². The van der Waals surface area contributed by atoms with E-state index in [4.69, 9.17) is 0 Å². The van der Waals surface area contributed by atoms with Crippen molar-refractivity contribution in [1.82, 2.24) is 5.32 Å². The fraction of sp³-hybridized carbons (Fsp3) is 0.941. The highest BCUT2D eigenvalue weighted by molar-refractivity contribution is 5.72. The Hall–Kier alpha value is -0.530. The SMILES string of the molecule is CCCCC(C)CCC1(CCC)CC1CNC(C)=O. The van der Waals surface area contributed by atoms with Gasteiger partial charge in [-0.15, -0.1) is 0 Å². The van der Waals surface area contributed by atoms with E-state index in [1.54, 1.807) is 6.92 Å². The van der Waals surface area contributed by atoms with Crippen LogP contribution in [0.1, 0.15) is 79.1 Å². The molecule has 2 nitrogen and oxygen atoms in total. The van der Waals surface area contributed by atoms with E-state index in [1.165, 1.54) is 51.4 Å². The number of carbonyl (C=O) groups excluding carboxylic acids is 1. The largest absolute Gasteiger partial charge is 0.356 e. The van der Waals surface area contributed by atoms with Gasteiger partial charge in [-0.25, -0.2) is 0 Å². The number of rotatable bonds is 10. The summed E-state index contributed by atoms with van der Waals surface area (Å²) in [6.45, 7) is 9.49. The van der Waals surface area contributed by atoms with E-state index in [0.29, 0.717) is 5.41 Å². The molecule has 0 spiro atoms. The van der Waals surface area contributed by atoms with Gasteiger partial charge in [-0.2, -0.15) is 0 Å². The van der Waals surface area contributed by atoms with E-state index in [1.807, 2.05) is 0 Å². The molecule has 1 aliphatic carbocycles. The van der Waals surface area contributed by atoms with E-state index in [-0.39, 0.29) is 5.91 Å². The van der Waals surface area contributed by atoms with Gasteiger partial charge < -0.3 is 5.32 Å². The van der Waals surface area contributed by atoms with Gasteiger partial charge in [0.2, 0.25) is 5.91 Å². The van der Waals surface area contributed by atoms with Crippen molar-refractivity contribution >= 4 is 5.91 Å². The molecule has 2 heteroatoms. The Labute approximate surface area is 119 Å². The number of hydrogen-bond donors (Lipinski definition) is 1. The quantitative estimate of drug-likeness (QED) is 0.619. The van der Waals surface area contributed by atoms with Gasteiger partial charge in [-0.3, -0.25) is 4.79 Å². The molecule has 3 unspecified atom stereocenters. The van der Waals surface area contributed by atoms with Crippen molar-refractivity contribution in [1.29, 1.82) is 0 Å². The second-order valence-corrected chi connectivity index (χ2v) is 6.74. The molecule has 19 heavy (non-hydrogen) atoms. The van der Waals surface area contributed by atoms with Crippen molar-refractivity contribution in [3.05, 3.63) is 0 Å². The number of amides is 1. The van der Waals surface area contributed by atoms with E-state index in [0.717, 1.165) is 18.4 Å². The third-order valence-corrected chi connectivity index (χ3v) is 4.89. The minimum atomic E-state index is 0.119. The monoisotopic (exact) mass is 267 g/mol. The van der Waals surface area contributed by atoms with Crippen LogP contribution in [-0.4, -0.2) is 12.5 Å². The molecular weight excluding hydrogens is 234 g/mol. The van der Waals surface area contributed by atoms with E-state index in [2.05, 4.69) is 26.1 Å². The van der Waals surface area contributed by atoms with Crippen LogP contribution in [0, 0.1) is 17.3 Å². The first-order chi connectivity index (χ1) is 9.04. The highest BCUT2D eigenvalue weighted by Gasteiger charge is 2.51. The number of nitrogens with one attached hydrogen (secondary N) is 1. The Bertz CT molecular complexity index is 276. The van der Waals surface area contributed by atoms with Crippen LogP contribution in [0.5, 0.6) is 0 Å². The Morgan fingerprint density at radius 2 is 2.00 bits per heavy atom. The molecule has 0 bridgehead atoms. The topological polar surface area (TPSA) is 29.1 Å². The maximum absolute atomic E-state index is 11.0. The van der Waals surface area contributed by atoms with Crippen LogP contribution in [0.15, 0.2) is 0 Å². The molecule has 1 fully saturated rings. The summed E-state index contributed by atoms with van der Waals surface area (Å²) in [6, 6.07) is 0. The number of hydrogen-bond acceptors (Lipinski definition) is 1. The molecular formula is C17H33NO. The molecule has 3 atom stereocenters. The standard InChI is InChI=1S/C17H33NO/c1-5-7-8-14(3)9-11-17(10-6-2)12-16(17)13-18-15(4)19/h14,16H,5-13H2,1-4H3,(H,18,19). The van der Waals surface area contributed by atoms with Gasteiger partial charge in [-0.05, 0) is 36.5 Å². The lowest BCUT2D eigenvalue weighted by Crippen LogP contribution is -2.24. The maximum atomic E-state index is 11.0. The second-order valence-electron chi connectivity index (χ2n) is 6.74. The van der Waals surface area contributed by atoms with Crippen LogP contribution >= 0.6 is 0 Å². The molecule has 1 amide bonds. The van der Waals surface area contributed by atoms with Crippen molar-refractivity contribution < 1.29 is 4.79 Å². The molecule has 0 aromatic rings. The van der Waals surface area contributed by atoms with Gasteiger partial charge in [0.05, 0.1) is 0 Å². The Balaban J connectivity index is 2.31. The van der Waals surface area contributed by atoms with Crippen LogP contribution in [0.2, 0.25) is 0 Å². The van der Waals surface area contributed by atoms with Gasteiger partial charge in [0, 0.05) is 13.5 Å². The van der Waals surface area contributed by atoms with Gasteiger partial charge in [0.15, 0.2) is 0 Å². The molecule has 1 saturated carbocycles. The number of carbonyl (C=O) groups is 1. The van der Waals surface area contributed by atoms with Crippen LogP contribution in [0.25, 0.3) is 0 Å². The molecule has 0 aromatic heterocycles. The average molecular weight is 267 g/mol. The van der Waals surface area contributed by atoms with Gasteiger partial charge >= 0.3 is 0 Å². The zero-order chi connectivity index (χ0) is 14.3. The Kier molecular flexibility index (Phi) is 6.88. The molecule has 1 N–H and O–H groups in total. The molecule has 1 aliphatic rings. The Morgan fingerprint density at radius 3 is 2.58 bits per heavy atom. The van der Waals surface area contributed by atoms with Gasteiger partial charge in [0.1, 0.15) is 0 Å². The molecule has 0 radical (unpaired) electrons. The summed E-state index contributed by atoms with van der Waals surface area (Å²) >= 11 is 0. The third-order valence-electron chi connectivity index (χ3n) is 4.89. The zero-order valence-corrected chi connectivity index (χ0v) is 13.4. The summed E-state index contributed by atoms with van der Waals surface area (Å²) < 4.78 is 0. The lowest BCUT2D eigenvalue weighted by molar-refractivity contribution is -0.119. The van der Waals surface area contributed by atoms with Crippen LogP contribution in [0.3, 0.4) is 0 Å². The minimum Gasteiger partial charge on any atom is -0.356 e. The van der Waals surface area contributed by atoms with Crippen molar-refractivity contribution in [3.63, 3.8) is 0 Å². The lowest BCUT2D eigenvalue weighted by atomic mass is 9.87. The summed E-state index contributed by atoms with van der Waals surface area (Å²) in [5, 5.41) is 3.00. The zero-order valence-electron chi connectivity index (χ0n) is 13.4. The highest BCUT2D eigenvalue weighted by Crippen LogP contribution is 2.59. The smallest absolute Gasteiger partial charge is 0.216 e. The average Bonchev–Trinajstić information content (AvgIpc) is 3.05. The summed E-state index contributed by atoms with van der Waals surface area (Å²) in [6.07, 6.45) is 10.8. The third kappa shape index (κ3) is 5.54. The van der Waals surface area contributed by atoms with Crippen LogP contribution in [0.4, 0.5) is 0 Å². The van der Waals surface area contributed by atoms with E-state index < -0.39 is 0 Å². The molecule has 112 valence electrons. The maximum Gasteiger partial charge on any atom is 0.216 e. The van der Waals surface area contributed by atoms with Gasteiger partial charge in [-0.1, -0.05) is 52.9 Å². The summed E-state index contributed by atoms with van der Waals surface area (Å²) in [4.78, 5) is 11.0. The molecule has 0 aromatic carbocycles. The normalized spacial score (nSPS) is 27.1. The van der Waals surface area contributed by atoms with Crippen molar-refractivity contribution in [3.8, 4) is 0 Å². The molecule has 1 rings (SSSR count). The summed E-state index contributed by atoms with van der Waals surface area (Å²) in [5.74, 6) is 1.74. The van der Waals surface area contributed by atoms with E-state index >= 15 is 0 Å². The second kappa shape index (κ2) is 7.91. The molecule has 0 aliphatic heterocycles. The first-order valence-corrected chi connectivity index (χ1v) is 8.28. The lowest BCUT2D eigenvalue weighted by Gasteiger charge is -2.19.